The molecule has 0 aliphatic rings. The van der Waals surface area contributed by atoms with Crippen LogP contribution in [0.3, 0.4) is 0 Å². The van der Waals surface area contributed by atoms with Crippen molar-refractivity contribution >= 4 is 11.6 Å². The molecular weight excluding hydrogens is 252 g/mol. The highest BCUT2D eigenvalue weighted by Gasteiger charge is 2.10. The largest absolute Gasteiger partial charge is 0.475 e. The second-order valence-corrected chi connectivity index (χ2v) is 4.43. The second-order valence-electron chi connectivity index (χ2n) is 4.07. The van der Waals surface area contributed by atoms with Gasteiger partial charge in [-0.3, -0.25) is 0 Å². The summed E-state index contributed by atoms with van der Waals surface area (Å²) in [7, 11) is 0. The lowest BCUT2D eigenvalue weighted by Crippen LogP contribution is -2.10. The van der Waals surface area contributed by atoms with Crippen LogP contribution in [0, 0.1) is 6.92 Å². The van der Waals surface area contributed by atoms with Gasteiger partial charge in [0.2, 0.25) is 5.88 Å². The summed E-state index contributed by atoms with van der Waals surface area (Å²) >= 11 is 6.05. The summed E-state index contributed by atoms with van der Waals surface area (Å²) in [6.45, 7) is 7.83. The van der Waals surface area contributed by atoms with Crippen molar-refractivity contribution in [1.82, 2.24) is 9.97 Å². The van der Waals surface area contributed by atoms with Crippen LogP contribution in [0.2, 0.25) is 5.15 Å². The molecule has 0 spiro atoms. The first-order valence-electron chi connectivity index (χ1n) is 6.42. The van der Waals surface area contributed by atoms with Crippen LogP contribution in [-0.2, 0) is 11.2 Å². The van der Waals surface area contributed by atoms with E-state index in [1.54, 1.807) is 0 Å². The van der Waals surface area contributed by atoms with Gasteiger partial charge in [0.15, 0.2) is 0 Å². The van der Waals surface area contributed by atoms with E-state index in [4.69, 9.17) is 21.1 Å². The summed E-state index contributed by atoms with van der Waals surface area (Å²) in [5.41, 5.74) is 0.784. The molecular formula is C13H21ClN2O2. The van der Waals surface area contributed by atoms with Gasteiger partial charge in [-0.25, -0.2) is 4.98 Å². The molecule has 0 bridgehead atoms. The Balaban J connectivity index is 2.57. The maximum atomic E-state index is 6.05. The average Bonchev–Trinajstić information content (AvgIpc) is 2.35. The Morgan fingerprint density at radius 3 is 2.50 bits per heavy atom. The zero-order valence-electron chi connectivity index (χ0n) is 11.3. The number of aryl methyl sites for hydroxylation is 1. The summed E-state index contributed by atoms with van der Waals surface area (Å²) in [5, 5.41) is 0.470. The minimum absolute atomic E-state index is 0.470. The molecule has 1 heterocycles. The summed E-state index contributed by atoms with van der Waals surface area (Å²) in [6.07, 6.45) is 2.81. The Bertz CT molecular complexity index is 372. The van der Waals surface area contributed by atoms with E-state index >= 15 is 0 Å². The molecule has 18 heavy (non-hydrogen) atoms. The molecule has 5 heteroatoms. The Hall–Kier alpha value is -0.870. The number of nitrogens with zero attached hydrogens (tertiary/aromatic N) is 2. The highest BCUT2D eigenvalue weighted by molar-refractivity contribution is 6.30. The van der Waals surface area contributed by atoms with Crippen LogP contribution in [0.25, 0.3) is 0 Å². The lowest BCUT2D eigenvalue weighted by molar-refractivity contribution is 0.0986. The molecule has 0 atom stereocenters. The van der Waals surface area contributed by atoms with Crippen LogP contribution < -0.4 is 4.74 Å². The third-order valence-corrected chi connectivity index (χ3v) is 2.74. The lowest BCUT2D eigenvalue weighted by atomic mass is 10.3. The minimum Gasteiger partial charge on any atom is -0.475 e. The van der Waals surface area contributed by atoms with Crippen LogP contribution in [0.1, 0.15) is 38.1 Å². The van der Waals surface area contributed by atoms with E-state index in [-0.39, 0.29) is 0 Å². The van der Waals surface area contributed by atoms with Gasteiger partial charge in [-0.05, 0) is 19.8 Å². The maximum absolute atomic E-state index is 6.05. The van der Waals surface area contributed by atoms with E-state index in [9.17, 15) is 0 Å². The van der Waals surface area contributed by atoms with Gasteiger partial charge in [0.25, 0.3) is 0 Å². The highest BCUT2D eigenvalue weighted by atomic mass is 35.5. The molecule has 0 unspecified atom stereocenters. The average molecular weight is 273 g/mol. The topological polar surface area (TPSA) is 44.2 Å². The van der Waals surface area contributed by atoms with Crippen LogP contribution in [0.4, 0.5) is 0 Å². The monoisotopic (exact) mass is 272 g/mol. The van der Waals surface area contributed by atoms with Crippen molar-refractivity contribution in [3.05, 3.63) is 16.5 Å². The molecule has 1 aromatic heterocycles. The number of hydrogen-bond donors (Lipinski definition) is 0. The SMILES string of the molecule is CCCOCCOc1nc(CCC)nc(Cl)c1C. The van der Waals surface area contributed by atoms with Crippen LogP contribution in [-0.4, -0.2) is 29.8 Å². The second kappa shape index (κ2) is 8.27. The fraction of sp³-hybridized carbons (Fsp3) is 0.692. The summed E-state index contributed by atoms with van der Waals surface area (Å²) in [5.74, 6) is 1.30. The van der Waals surface area contributed by atoms with Crippen molar-refractivity contribution in [1.29, 1.82) is 0 Å². The molecule has 1 aromatic rings. The fourth-order valence-electron chi connectivity index (χ4n) is 1.43. The van der Waals surface area contributed by atoms with Gasteiger partial charge in [-0.15, -0.1) is 0 Å². The van der Waals surface area contributed by atoms with Gasteiger partial charge in [0.05, 0.1) is 6.61 Å². The molecule has 0 saturated heterocycles. The van der Waals surface area contributed by atoms with E-state index in [1.807, 2.05) is 6.92 Å². The van der Waals surface area contributed by atoms with Crippen molar-refractivity contribution in [3.63, 3.8) is 0 Å². The van der Waals surface area contributed by atoms with Crippen LogP contribution >= 0.6 is 11.6 Å². The van der Waals surface area contributed by atoms with Crippen molar-refractivity contribution in [2.75, 3.05) is 19.8 Å². The Morgan fingerprint density at radius 2 is 1.83 bits per heavy atom. The molecule has 0 saturated carbocycles. The van der Waals surface area contributed by atoms with Gasteiger partial charge in [0.1, 0.15) is 17.6 Å². The van der Waals surface area contributed by atoms with E-state index in [2.05, 4.69) is 23.8 Å². The van der Waals surface area contributed by atoms with Crippen molar-refractivity contribution in [3.8, 4) is 5.88 Å². The van der Waals surface area contributed by atoms with E-state index in [0.717, 1.165) is 37.3 Å². The summed E-state index contributed by atoms with van der Waals surface area (Å²) in [4.78, 5) is 8.59. The van der Waals surface area contributed by atoms with Crippen molar-refractivity contribution in [2.24, 2.45) is 0 Å². The standard InChI is InChI=1S/C13H21ClN2O2/c1-4-6-11-15-12(14)10(3)13(16-11)18-9-8-17-7-5-2/h4-9H2,1-3H3. The number of rotatable bonds is 8. The van der Waals surface area contributed by atoms with Gasteiger partial charge in [-0.2, -0.15) is 4.98 Å². The van der Waals surface area contributed by atoms with Gasteiger partial charge < -0.3 is 9.47 Å². The number of aromatic nitrogens is 2. The van der Waals surface area contributed by atoms with E-state index in [1.165, 1.54) is 0 Å². The maximum Gasteiger partial charge on any atom is 0.221 e. The number of hydrogen-bond acceptors (Lipinski definition) is 4. The summed E-state index contributed by atoms with van der Waals surface area (Å²) < 4.78 is 10.9. The molecule has 0 aliphatic carbocycles. The van der Waals surface area contributed by atoms with Gasteiger partial charge >= 0.3 is 0 Å². The molecule has 1 rings (SSSR count). The molecule has 0 amide bonds. The fourth-order valence-corrected chi connectivity index (χ4v) is 1.61. The molecule has 0 fully saturated rings. The van der Waals surface area contributed by atoms with E-state index in [0.29, 0.717) is 24.2 Å². The minimum atomic E-state index is 0.470. The Kier molecular flexibility index (Phi) is 6.98. The van der Waals surface area contributed by atoms with Crippen molar-refractivity contribution < 1.29 is 9.47 Å². The first kappa shape index (κ1) is 15.2. The Morgan fingerprint density at radius 1 is 1.06 bits per heavy atom. The van der Waals surface area contributed by atoms with Crippen LogP contribution in [0.5, 0.6) is 5.88 Å². The zero-order valence-corrected chi connectivity index (χ0v) is 12.1. The molecule has 4 nitrogen and oxygen atoms in total. The number of halogens is 1. The molecule has 0 aliphatic heterocycles. The number of ether oxygens (including phenoxy) is 2. The van der Waals surface area contributed by atoms with Gasteiger partial charge in [-0.1, -0.05) is 25.4 Å². The molecule has 0 aromatic carbocycles. The lowest BCUT2D eigenvalue weighted by Gasteiger charge is -2.10. The normalized spacial score (nSPS) is 10.7. The molecule has 0 N–H and O–H groups in total. The third-order valence-electron chi connectivity index (χ3n) is 2.38. The van der Waals surface area contributed by atoms with Gasteiger partial charge in [0, 0.05) is 18.6 Å². The predicted octanol–water partition coefficient (Wildman–Crippen LogP) is 3.20. The van der Waals surface area contributed by atoms with Crippen molar-refractivity contribution in [2.45, 2.75) is 40.0 Å². The zero-order chi connectivity index (χ0) is 13.4. The Labute approximate surface area is 114 Å². The summed E-state index contributed by atoms with van der Waals surface area (Å²) in [6, 6.07) is 0. The molecule has 0 radical (unpaired) electrons. The van der Waals surface area contributed by atoms with E-state index < -0.39 is 0 Å². The predicted molar refractivity (Wildman–Crippen MR) is 72.4 cm³/mol. The first-order valence-corrected chi connectivity index (χ1v) is 6.80. The smallest absolute Gasteiger partial charge is 0.221 e. The highest BCUT2D eigenvalue weighted by Crippen LogP contribution is 2.22. The first-order chi connectivity index (χ1) is 8.69. The quantitative estimate of drug-likeness (QED) is 0.538. The molecule has 102 valence electrons. The third kappa shape index (κ3) is 4.78. The van der Waals surface area contributed by atoms with Crippen LogP contribution in [0.15, 0.2) is 0 Å².